The van der Waals surface area contributed by atoms with Crippen molar-refractivity contribution >= 4 is 17.3 Å². The van der Waals surface area contributed by atoms with Crippen molar-refractivity contribution in [2.24, 2.45) is 5.73 Å². The Morgan fingerprint density at radius 3 is 2.65 bits per heavy atom. The first-order valence-electron chi connectivity index (χ1n) is 6.23. The van der Waals surface area contributed by atoms with Crippen LogP contribution in [0.1, 0.15) is 22.7 Å². The molecule has 2 aromatic rings. The quantitative estimate of drug-likeness (QED) is 0.688. The van der Waals surface area contributed by atoms with Crippen LogP contribution < -0.4 is 5.73 Å². The number of nitro groups is 1. The van der Waals surface area contributed by atoms with Crippen molar-refractivity contribution in [1.29, 1.82) is 0 Å². The molecule has 0 aliphatic carbocycles. The van der Waals surface area contributed by atoms with Gasteiger partial charge in [0.2, 0.25) is 0 Å². The van der Waals surface area contributed by atoms with Crippen LogP contribution >= 0.6 is 11.6 Å². The molecule has 0 aliphatic heterocycles. The second-order valence-corrected chi connectivity index (χ2v) is 5.06. The van der Waals surface area contributed by atoms with E-state index in [2.05, 4.69) is 0 Å². The van der Waals surface area contributed by atoms with Gasteiger partial charge in [-0.25, -0.2) is 0 Å². The van der Waals surface area contributed by atoms with Crippen LogP contribution in [0.25, 0.3) is 0 Å². The molecular formula is C15H15ClN2O2. The number of benzene rings is 2. The topological polar surface area (TPSA) is 69.2 Å². The highest BCUT2D eigenvalue weighted by Crippen LogP contribution is 2.27. The van der Waals surface area contributed by atoms with Gasteiger partial charge in [0.1, 0.15) is 0 Å². The van der Waals surface area contributed by atoms with Crippen LogP contribution in [0.15, 0.2) is 42.5 Å². The normalized spacial score (nSPS) is 12.2. The molecule has 0 aromatic heterocycles. The van der Waals surface area contributed by atoms with Crippen molar-refractivity contribution < 1.29 is 4.92 Å². The minimum atomic E-state index is -0.382. The van der Waals surface area contributed by atoms with Crippen LogP contribution in [0.4, 0.5) is 5.69 Å². The predicted octanol–water partition coefficient (Wildman–Crippen LogP) is 3.80. The molecule has 1 unspecified atom stereocenters. The molecule has 0 fully saturated rings. The van der Waals surface area contributed by atoms with Crippen molar-refractivity contribution in [3.05, 3.63) is 74.3 Å². The smallest absolute Gasteiger partial charge is 0.272 e. The van der Waals surface area contributed by atoms with Crippen LogP contribution in [0.5, 0.6) is 0 Å². The number of nitro benzene ring substituents is 1. The fourth-order valence-electron chi connectivity index (χ4n) is 2.23. The number of hydrogen-bond donors (Lipinski definition) is 1. The zero-order chi connectivity index (χ0) is 14.7. The molecule has 0 heterocycles. The number of para-hydroxylation sites is 1. The molecule has 0 amide bonds. The summed E-state index contributed by atoms with van der Waals surface area (Å²) in [6.45, 7) is 1.90. The van der Waals surface area contributed by atoms with Gasteiger partial charge in [0.05, 0.1) is 4.92 Å². The number of nitrogens with two attached hydrogens (primary N) is 1. The van der Waals surface area contributed by atoms with Crippen LogP contribution in [-0.4, -0.2) is 4.92 Å². The molecule has 0 saturated carbocycles. The molecule has 0 spiro atoms. The van der Waals surface area contributed by atoms with Crippen LogP contribution in [-0.2, 0) is 6.42 Å². The first-order chi connectivity index (χ1) is 9.50. The lowest BCUT2D eigenvalue weighted by atomic mass is 9.95. The van der Waals surface area contributed by atoms with Gasteiger partial charge in [-0.1, -0.05) is 41.9 Å². The molecular weight excluding hydrogens is 276 g/mol. The van der Waals surface area contributed by atoms with E-state index < -0.39 is 0 Å². The maximum atomic E-state index is 11.0. The summed E-state index contributed by atoms with van der Waals surface area (Å²) >= 11 is 6.08. The third kappa shape index (κ3) is 2.98. The summed E-state index contributed by atoms with van der Waals surface area (Å²) in [5.41, 5.74) is 8.74. The standard InChI is InChI=1S/C15H15ClN2O2/c1-10-12(6-4-7-13(10)16)14(17)9-11-5-2-3-8-15(11)18(19)20/h2-8,14H,9,17H2,1H3. The molecule has 4 nitrogen and oxygen atoms in total. The van der Waals surface area contributed by atoms with Crippen molar-refractivity contribution in [2.45, 2.75) is 19.4 Å². The average molecular weight is 291 g/mol. The molecule has 0 bridgehead atoms. The maximum Gasteiger partial charge on any atom is 0.272 e. The molecule has 2 rings (SSSR count). The summed E-state index contributed by atoms with van der Waals surface area (Å²) in [5, 5.41) is 11.7. The fourth-order valence-corrected chi connectivity index (χ4v) is 2.42. The Kier molecular flexibility index (Phi) is 4.37. The second-order valence-electron chi connectivity index (χ2n) is 4.65. The highest BCUT2D eigenvalue weighted by atomic mass is 35.5. The SMILES string of the molecule is Cc1c(Cl)cccc1C(N)Cc1ccccc1[N+](=O)[O-]. The Bertz CT molecular complexity index is 644. The van der Waals surface area contributed by atoms with E-state index in [9.17, 15) is 10.1 Å². The number of halogens is 1. The van der Waals surface area contributed by atoms with Gasteiger partial charge in [-0.3, -0.25) is 10.1 Å². The molecule has 0 radical (unpaired) electrons. The first-order valence-corrected chi connectivity index (χ1v) is 6.61. The van der Waals surface area contributed by atoms with E-state index in [1.54, 1.807) is 24.3 Å². The average Bonchev–Trinajstić information content (AvgIpc) is 2.42. The Morgan fingerprint density at radius 1 is 1.25 bits per heavy atom. The van der Waals surface area contributed by atoms with Gasteiger partial charge in [0.25, 0.3) is 5.69 Å². The first kappa shape index (κ1) is 14.5. The van der Waals surface area contributed by atoms with E-state index in [0.29, 0.717) is 17.0 Å². The molecule has 0 saturated heterocycles. The number of hydrogen-bond acceptors (Lipinski definition) is 3. The highest BCUT2D eigenvalue weighted by molar-refractivity contribution is 6.31. The minimum Gasteiger partial charge on any atom is -0.324 e. The van der Waals surface area contributed by atoms with E-state index in [-0.39, 0.29) is 16.7 Å². The predicted molar refractivity (Wildman–Crippen MR) is 79.9 cm³/mol. The van der Waals surface area contributed by atoms with E-state index in [1.165, 1.54) is 6.07 Å². The van der Waals surface area contributed by atoms with Crippen LogP contribution in [0.2, 0.25) is 5.02 Å². The molecule has 104 valence electrons. The van der Waals surface area contributed by atoms with Crippen molar-refractivity contribution in [3.63, 3.8) is 0 Å². The van der Waals surface area contributed by atoms with Crippen molar-refractivity contribution in [1.82, 2.24) is 0 Å². The van der Waals surface area contributed by atoms with Crippen molar-refractivity contribution in [2.75, 3.05) is 0 Å². The monoisotopic (exact) mass is 290 g/mol. The van der Waals surface area contributed by atoms with Gasteiger partial charge in [-0.05, 0) is 30.5 Å². The largest absolute Gasteiger partial charge is 0.324 e. The third-order valence-electron chi connectivity index (χ3n) is 3.34. The highest BCUT2D eigenvalue weighted by Gasteiger charge is 2.17. The van der Waals surface area contributed by atoms with Crippen LogP contribution in [0, 0.1) is 17.0 Å². The Labute approximate surface area is 122 Å². The summed E-state index contributed by atoms with van der Waals surface area (Å²) < 4.78 is 0. The second kappa shape index (κ2) is 6.03. The zero-order valence-electron chi connectivity index (χ0n) is 11.0. The summed E-state index contributed by atoms with van der Waals surface area (Å²) in [7, 11) is 0. The molecule has 2 N–H and O–H groups in total. The van der Waals surface area contributed by atoms with Crippen LogP contribution in [0.3, 0.4) is 0 Å². The number of nitrogens with zero attached hydrogens (tertiary/aromatic N) is 1. The zero-order valence-corrected chi connectivity index (χ0v) is 11.8. The molecule has 0 aliphatic rings. The summed E-state index contributed by atoms with van der Waals surface area (Å²) in [6, 6.07) is 11.9. The lowest BCUT2D eigenvalue weighted by Crippen LogP contribution is -2.15. The van der Waals surface area contributed by atoms with Gasteiger partial charge in [-0.2, -0.15) is 0 Å². The molecule has 5 heteroatoms. The summed E-state index contributed by atoms with van der Waals surface area (Å²) in [5.74, 6) is 0. The fraction of sp³-hybridized carbons (Fsp3) is 0.200. The molecule has 2 aromatic carbocycles. The lowest BCUT2D eigenvalue weighted by Gasteiger charge is -2.15. The van der Waals surface area contributed by atoms with E-state index in [4.69, 9.17) is 17.3 Å². The van der Waals surface area contributed by atoms with Gasteiger partial charge in [0.15, 0.2) is 0 Å². The van der Waals surface area contributed by atoms with Gasteiger partial charge < -0.3 is 5.73 Å². The van der Waals surface area contributed by atoms with Crippen molar-refractivity contribution in [3.8, 4) is 0 Å². The maximum absolute atomic E-state index is 11.0. The van der Waals surface area contributed by atoms with Gasteiger partial charge in [0, 0.05) is 22.7 Å². The Hall–Kier alpha value is -1.91. The van der Waals surface area contributed by atoms with Gasteiger partial charge >= 0.3 is 0 Å². The summed E-state index contributed by atoms with van der Waals surface area (Å²) in [4.78, 5) is 10.6. The van der Waals surface area contributed by atoms with E-state index in [1.807, 2.05) is 19.1 Å². The van der Waals surface area contributed by atoms with E-state index in [0.717, 1.165) is 11.1 Å². The Balaban J connectivity index is 2.30. The minimum absolute atomic E-state index is 0.0997. The third-order valence-corrected chi connectivity index (χ3v) is 3.75. The molecule has 1 atom stereocenters. The number of rotatable bonds is 4. The Morgan fingerprint density at radius 2 is 1.95 bits per heavy atom. The van der Waals surface area contributed by atoms with Gasteiger partial charge in [-0.15, -0.1) is 0 Å². The molecule has 20 heavy (non-hydrogen) atoms. The summed E-state index contributed by atoms with van der Waals surface area (Å²) in [6.07, 6.45) is 0.401. The lowest BCUT2D eigenvalue weighted by molar-refractivity contribution is -0.385. The van der Waals surface area contributed by atoms with E-state index >= 15 is 0 Å².